The van der Waals surface area contributed by atoms with Crippen LogP contribution in [0.5, 0.6) is 5.75 Å². The third-order valence-electron chi connectivity index (χ3n) is 5.98. The first-order chi connectivity index (χ1) is 16.2. The highest BCUT2D eigenvalue weighted by atomic mass is 35.5. The Bertz CT molecular complexity index is 1400. The van der Waals surface area contributed by atoms with Crippen LogP contribution in [0.2, 0.25) is 5.02 Å². The standard InChI is InChI=1S/C25H26ClNO6S/c1-3-6-21(27-34(30,31)16-11-9-15(2)10-12-16)25(29)33-23-14-22-19(13-20(23)26)17-7-4-5-8-18(17)24(28)32-22/h9-14,21,27H,3-8H2,1-2H3/t21-/m1/s1. The maximum Gasteiger partial charge on any atom is 0.339 e. The molecule has 0 saturated heterocycles. The monoisotopic (exact) mass is 503 g/mol. The zero-order valence-corrected chi connectivity index (χ0v) is 20.6. The van der Waals surface area contributed by atoms with Gasteiger partial charge >= 0.3 is 11.6 Å². The van der Waals surface area contributed by atoms with E-state index >= 15 is 0 Å². The molecule has 0 spiro atoms. The SMILES string of the molecule is CCC[C@@H](NS(=O)(=O)c1ccc(C)cc1)C(=O)Oc1cc2oc(=O)c3c(c2cc1Cl)CCCC3. The number of esters is 1. The molecule has 0 unspecified atom stereocenters. The fraction of sp³-hybridized carbons (Fsp3) is 0.360. The Morgan fingerprint density at radius 2 is 1.82 bits per heavy atom. The quantitative estimate of drug-likeness (QED) is 0.285. The number of halogens is 1. The van der Waals surface area contributed by atoms with Crippen molar-refractivity contribution >= 4 is 38.6 Å². The van der Waals surface area contributed by atoms with Gasteiger partial charge in [-0.3, -0.25) is 0 Å². The second-order valence-corrected chi connectivity index (χ2v) is 10.7. The van der Waals surface area contributed by atoms with Crippen LogP contribution in [0.1, 0.15) is 49.3 Å². The summed E-state index contributed by atoms with van der Waals surface area (Å²) in [6, 6.07) is 8.27. The van der Waals surface area contributed by atoms with Crippen molar-refractivity contribution in [1.82, 2.24) is 4.72 Å². The van der Waals surface area contributed by atoms with Crippen molar-refractivity contribution in [3.8, 4) is 5.75 Å². The lowest BCUT2D eigenvalue weighted by molar-refractivity contribution is -0.136. The van der Waals surface area contributed by atoms with Gasteiger partial charge in [-0.2, -0.15) is 4.72 Å². The van der Waals surface area contributed by atoms with E-state index in [1.54, 1.807) is 18.2 Å². The number of aryl methyl sites for hydroxylation is 2. The highest BCUT2D eigenvalue weighted by Gasteiger charge is 2.28. The van der Waals surface area contributed by atoms with Crippen LogP contribution < -0.4 is 15.1 Å². The largest absolute Gasteiger partial charge is 0.424 e. The molecular weight excluding hydrogens is 478 g/mol. The zero-order valence-electron chi connectivity index (χ0n) is 19.0. The van der Waals surface area contributed by atoms with Crippen LogP contribution in [0.25, 0.3) is 11.0 Å². The number of fused-ring (bicyclic) bond motifs is 3. The average Bonchev–Trinajstić information content (AvgIpc) is 2.80. The van der Waals surface area contributed by atoms with E-state index in [0.717, 1.165) is 35.8 Å². The molecule has 3 aromatic rings. The molecule has 0 bridgehead atoms. The molecule has 34 heavy (non-hydrogen) atoms. The van der Waals surface area contributed by atoms with E-state index in [9.17, 15) is 18.0 Å². The van der Waals surface area contributed by atoms with Gasteiger partial charge in [0, 0.05) is 17.0 Å². The number of carbonyl (C=O) groups is 1. The molecule has 0 radical (unpaired) electrons. The van der Waals surface area contributed by atoms with Crippen LogP contribution >= 0.6 is 11.6 Å². The second-order valence-electron chi connectivity index (χ2n) is 8.53. The minimum Gasteiger partial charge on any atom is -0.424 e. The average molecular weight is 504 g/mol. The molecule has 0 saturated carbocycles. The molecule has 7 nitrogen and oxygen atoms in total. The van der Waals surface area contributed by atoms with Crippen LogP contribution in [0.4, 0.5) is 0 Å². The molecule has 4 rings (SSSR count). The maximum absolute atomic E-state index is 13.0. The van der Waals surface area contributed by atoms with E-state index in [1.165, 1.54) is 18.2 Å². The number of benzene rings is 2. The molecule has 0 amide bonds. The van der Waals surface area contributed by atoms with Crippen LogP contribution in [-0.4, -0.2) is 20.4 Å². The Morgan fingerprint density at radius 3 is 2.50 bits per heavy atom. The molecule has 0 fully saturated rings. The highest BCUT2D eigenvalue weighted by Crippen LogP contribution is 2.34. The van der Waals surface area contributed by atoms with E-state index in [1.807, 2.05) is 13.8 Å². The maximum atomic E-state index is 13.0. The van der Waals surface area contributed by atoms with Gasteiger partial charge in [-0.25, -0.2) is 18.0 Å². The van der Waals surface area contributed by atoms with E-state index in [0.29, 0.717) is 18.4 Å². The van der Waals surface area contributed by atoms with Crippen molar-refractivity contribution in [3.05, 3.63) is 68.5 Å². The Balaban J connectivity index is 1.61. The fourth-order valence-corrected chi connectivity index (χ4v) is 5.61. The molecule has 9 heteroatoms. The number of ether oxygens (including phenoxy) is 1. The summed E-state index contributed by atoms with van der Waals surface area (Å²) >= 11 is 6.42. The Hall–Kier alpha value is -2.68. The van der Waals surface area contributed by atoms with Gasteiger partial charge in [0.05, 0.1) is 9.92 Å². The Labute approximate surface area is 203 Å². The first kappa shape index (κ1) is 24.4. The molecular formula is C25H26ClNO6S. The van der Waals surface area contributed by atoms with Gasteiger partial charge in [0.25, 0.3) is 0 Å². The van der Waals surface area contributed by atoms with Gasteiger partial charge in [-0.05, 0) is 62.8 Å². The number of hydrogen-bond acceptors (Lipinski definition) is 6. The Kier molecular flexibility index (Phi) is 7.12. The third kappa shape index (κ3) is 5.04. The summed E-state index contributed by atoms with van der Waals surface area (Å²) in [6.07, 6.45) is 4.11. The lowest BCUT2D eigenvalue weighted by Crippen LogP contribution is -2.42. The minimum atomic E-state index is -3.94. The molecule has 1 atom stereocenters. The van der Waals surface area contributed by atoms with Gasteiger partial charge in [-0.15, -0.1) is 0 Å². The van der Waals surface area contributed by atoms with Crippen LogP contribution in [0.15, 0.2) is 50.5 Å². The fourth-order valence-electron chi connectivity index (χ4n) is 4.19. The molecule has 1 N–H and O–H groups in total. The summed E-state index contributed by atoms with van der Waals surface area (Å²) in [5.41, 5.74) is 2.41. The van der Waals surface area contributed by atoms with Crippen LogP contribution in [0, 0.1) is 6.92 Å². The normalized spacial score (nSPS) is 14.6. The summed E-state index contributed by atoms with van der Waals surface area (Å²) in [5.74, 6) is -0.784. The molecule has 2 aromatic carbocycles. The summed E-state index contributed by atoms with van der Waals surface area (Å²) in [6.45, 7) is 3.69. The van der Waals surface area contributed by atoms with Crippen molar-refractivity contribution in [2.45, 2.75) is 63.3 Å². The van der Waals surface area contributed by atoms with E-state index in [-0.39, 0.29) is 27.7 Å². The smallest absolute Gasteiger partial charge is 0.339 e. The lowest BCUT2D eigenvalue weighted by Gasteiger charge is -2.19. The van der Waals surface area contributed by atoms with Crippen molar-refractivity contribution in [3.63, 3.8) is 0 Å². The van der Waals surface area contributed by atoms with Crippen molar-refractivity contribution in [2.75, 3.05) is 0 Å². The molecule has 1 aliphatic carbocycles. The molecule has 180 valence electrons. The van der Waals surface area contributed by atoms with Gasteiger partial charge in [-0.1, -0.05) is 42.6 Å². The lowest BCUT2D eigenvalue weighted by atomic mass is 9.91. The first-order valence-electron chi connectivity index (χ1n) is 11.3. The van der Waals surface area contributed by atoms with Crippen LogP contribution in [-0.2, 0) is 27.7 Å². The zero-order chi connectivity index (χ0) is 24.5. The van der Waals surface area contributed by atoms with Gasteiger partial charge in [0.15, 0.2) is 5.75 Å². The second kappa shape index (κ2) is 9.90. The van der Waals surface area contributed by atoms with Crippen molar-refractivity contribution in [2.24, 2.45) is 0 Å². The van der Waals surface area contributed by atoms with E-state index < -0.39 is 27.7 Å². The third-order valence-corrected chi connectivity index (χ3v) is 7.76. The van der Waals surface area contributed by atoms with Gasteiger partial charge in [0.2, 0.25) is 10.0 Å². The summed E-state index contributed by atoms with van der Waals surface area (Å²) in [4.78, 5) is 25.4. The Morgan fingerprint density at radius 1 is 1.15 bits per heavy atom. The van der Waals surface area contributed by atoms with E-state index in [2.05, 4.69) is 4.72 Å². The molecule has 1 aliphatic rings. The van der Waals surface area contributed by atoms with Crippen molar-refractivity contribution < 1.29 is 22.4 Å². The molecule has 1 heterocycles. The van der Waals surface area contributed by atoms with Gasteiger partial charge < -0.3 is 9.15 Å². The summed E-state index contributed by atoms with van der Waals surface area (Å²) < 4.78 is 39.0. The molecule has 1 aromatic heterocycles. The van der Waals surface area contributed by atoms with Crippen molar-refractivity contribution in [1.29, 1.82) is 0 Å². The minimum absolute atomic E-state index is 0.00807. The number of hydrogen-bond donors (Lipinski definition) is 1. The number of sulfonamides is 1. The summed E-state index contributed by atoms with van der Waals surface area (Å²) in [7, 11) is -3.94. The predicted octanol–water partition coefficient (Wildman–Crippen LogP) is 4.69. The van der Waals surface area contributed by atoms with E-state index in [4.69, 9.17) is 20.8 Å². The summed E-state index contributed by atoms with van der Waals surface area (Å²) in [5, 5.41) is 0.906. The number of nitrogens with one attached hydrogen (secondary N) is 1. The number of rotatable bonds is 7. The predicted molar refractivity (Wildman–Crippen MR) is 130 cm³/mol. The van der Waals surface area contributed by atoms with Gasteiger partial charge in [0.1, 0.15) is 11.6 Å². The topological polar surface area (TPSA) is 103 Å². The first-order valence-corrected chi connectivity index (χ1v) is 13.1. The van der Waals surface area contributed by atoms with Crippen LogP contribution in [0.3, 0.4) is 0 Å². The highest BCUT2D eigenvalue weighted by molar-refractivity contribution is 7.89. The molecule has 0 aliphatic heterocycles. The number of carbonyl (C=O) groups excluding carboxylic acids is 1.